The first-order valence-electron chi connectivity index (χ1n) is 35.9. The van der Waals surface area contributed by atoms with Gasteiger partial charge in [0.2, 0.25) is 6.10 Å². The Bertz CT molecular complexity index is 3740. The van der Waals surface area contributed by atoms with E-state index < -0.39 is 80.4 Å². The number of alkyl halides is 9. The number of nitrogens with one attached hydrogen (secondary N) is 1. The first-order chi connectivity index (χ1) is 48.9. The Labute approximate surface area is 624 Å². The summed E-state index contributed by atoms with van der Waals surface area (Å²) < 4.78 is 170. The molecule has 0 amide bonds. The van der Waals surface area contributed by atoms with E-state index in [1.807, 2.05) is 72.4 Å². The van der Waals surface area contributed by atoms with Crippen LogP contribution >= 0.6 is 22.2 Å². The maximum absolute atomic E-state index is 13.3. The monoisotopic (exact) mass is 1560 g/mol. The molecule has 3 atom stereocenters. The summed E-state index contributed by atoms with van der Waals surface area (Å²) in [6.45, 7) is 29.8. The number of aromatic hydroxyl groups is 1. The van der Waals surface area contributed by atoms with Gasteiger partial charge in [-0.25, -0.2) is 8.42 Å². The lowest BCUT2D eigenvalue weighted by atomic mass is 9.48. The average Bonchev–Trinajstić information content (AvgIpc) is 1.14. The van der Waals surface area contributed by atoms with Crippen molar-refractivity contribution in [3.63, 3.8) is 0 Å². The number of carbonyl (C=O) groups is 5. The molecule has 6 aliphatic rings. The maximum atomic E-state index is 13.3. The van der Waals surface area contributed by atoms with E-state index in [0.29, 0.717) is 44.5 Å². The van der Waals surface area contributed by atoms with Crippen LogP contribution in [0.2, 0.25) is 0 Å². The zero-order valence-electron chi connectivity index (χ0n) is 63.2. The number of hydrogen-bond donors (Lipinski definition) is 2. The van der Waals surface area contributed by atoms with Gasteiger partial charge in [-0.1, -0.05) is 96.1 Å². The smallest absolute Gasteiger partial charge is 0.426 e. The van der Waals surface area contributed by atoms with E-state index in [1.165, 1.54) is 68.1 Å². The highest BCUT2D eigenvalue weighted by Crippen LogP contribution is 2.64. The molecule has 2 N–H and O–H groups in total. The minimum absolute atomic E-state index is 0.00100. The third kappa shape index (κ3) is 23.9. The van der Waals surface area contributed by atoms with E-state index in [2.05, 4.69) is 116 Å². The molecule has 16 nitrogen and oxygen atoms in total. The van der Waals surface area contributed by atoms with E-state index in [0.717, 1.165) is 45.1 Å². The number of thiophene rings is 1. The van der Waals surface area contributed by atoms with Gasteiger partial charge in [0.05, 0.1) is 57.7 Å². The zero-order chi connectivity index (χ0) is 79.9. The molecule has 5 aromatic rings. The van der Waals surface area contributed by atoms with Gasteiger partial charge in [0.1, 0.15) is 30.1 Å². The van der Waals surface area contributed by atoms with Gasteiger partial charge in [0, 0.05) is 39.2 Å². The third-order valence-electron chi connectivity index (χ3n) is 21.2. The molecule has 0 spiro atoms. The molecule has 3 unspecified atom stereocenters. The standard InChI is InChI=1S/C20H29F3O7S.C18H13S.C12H23NO2S.C12H22O2.C11H16O.C5H3F6O3/c1-4-17(2,3)15(24)30-19-8-12-5-13(9-19)7-18(6-12,11-19)16(25)29-14(20(21,22)23)10-31(26,27)28;1-2-8-14(9-3-1)19-17-12-6-4-10-15(17)16-11-5-7-13-18(16)19;1-4-12(2,3)11(14)15-8-5-13-6-9-16-10-7-13;1-5-11(2,3)10(13)14-12(4)8-6-7-9-12;1-4-11(2,3)9-5-7-10(12)8-6-9;1-14-2(12)3(13,4(6,7)8)5(9,10)11/h12-14H,4-11H2,1-3H3,(H,26,27,28);1-13H;4-10H2,1-3H3;5-9H2,1-4H3;5-8,12H,4H2,1-3H3;1H3/q;+1;;;;-1. The fraction of sp³-hybridized carbons (Fsp3) is 0.628. The van der Waals surface area contributed by atoms with Crippen LogP contribution in [0.4, 0.5) is 39.5 Å². The number of benzene rings is 4. The van der Waals surface area contributed by atoms with Crippen molar-refractivity contribution in [1.29, 1.82) is 0 Å². The molecular weight excluding hydrogens is 1460 g/mol. The Kier molecular flexibility index (Phi) is 31.2. The van der Waals surface area contributed by atoms with Crippen molar-refractivity contribution in [2.75, 3.05) is 50.6 Å². The largest absolute Gasteiger partial charge is 0.828 e. The molecular formula is C78H106F9NO15S3. The van der Waals surface area contributed by atoms with E-state index in [4.69, 9.17) is 19.3 Å². The second-order valence-corrected chi connectivity index (χ2v) is 35.7. The maximum Gasteiger partial charge on any atom is 0.426 e. The number of phenols is 1. The van der Waals surface area contributed by atoms with Crippen LogP contribution in [0.1, 0.15) is 185 Å². The summed E-state index contributed by atoms with van der Waals surface area (Å²) in [5.74, 6) is -3.65. The highest BCUT2D eigenvalue weighted by Gasteiger charge is 2.68. The fourth-order valence-electron chi connectivity index (χ4n) is 13.2. The van der Waals surface area contributed by atoms with Gasteiger partial charge in [-0.15, -0.1) is 0 Å². The number of hydrogen-bond acceptors (Lipinski definition) is 16. The first-order valence-corrected chi connectivity index (χ1v) is 39.9. The predicted molar refractivity (Wildman–Crippen MR) is 389 cm³/mol. The third-order valence-corrected chi connectivity index (χ3v) is 25.2. The molecule has 4 aromatic carbocycles. The van der Waals surface area contributed by atoms with Crippen molar-refractivity contribution in [1.82, 2.24) is 0 Å². The van der Waals surface area contributed by atoms with E-state index in [-0.39, 0.29) is 69.6 Å². The van der Waals surface area contributed by atoms with Gasteiger partial charge >= 0.3 is 48.4 Å². The topological polar surface area (TPSA) is 236 Å². The van der Waals surface area contributed by atoms with Gasteiger partial charge < -0.3 is 43.4 Å². The van der Waals surface area contributed by atoms with Gasteiger partial charge in [-0.05, 0) is 203 Å². The summed E-state index contributed by atoms with van der Waals surface area (Å²) in [5.41, 5.74) is -8.02. The number of phenolic OH excluding ortho intramolecular Hbond substituents is 1. The Hall–Kier alpha value is -6.20. The lowest BCUT2D eigenvalue weighted by molar-refractivity contribution is -0.896. The van der Waals surface area contributed by atoms with Crippen molar-refractivity contribution >= 4 is 82.4 Å². The van der Waals surface area contributed by atoms with Crippen molar-refractivity contribution in [3.05, 3.63) is 109 Å². The summed E-state index contributed by atoms with van der Waals surface area (Å²) >= 11 is 2.02. The van der Waals surface area contributed by atoms with Crippen molar-refractivity contribution in [2.45, 2.75) is 227 Å². The molecule has 106 heavy (non-hydrogen) atoms. The first kappa shape index (κ1) is 90.4. The summed E-state index contributed by atoms with van der Waals surface area (Å²) in [6.07, 6.45) is -10.5. The minimum Gasteiger partial charge on any atom is -0.828 e. The number of fused-ring (bicyclic) bond motifs is 3. The highest BCUT2D eigenvalue weighted by atomic mass is 32.2. The Morgan fingerprint density at radius 3 is 1.51 bits per heavy atom. The quantitative estimate of drug-likeness (QED) is 0.0257. The van der Waals surface area contributed by atoms with E-state index >= 15 is 0 Å². The van der Waals surface area contributed by atoms with Crippen LogP contribution in [0.5, 0.6) is 5.75 Å². The van der Waals surface area contributed by atoms with E-state index in [9.17, 15) is 81.6 Å². The number of carbonyl (C=O) groups excluding carboxylic acids is 5. The number of halogens is 9. The molecule has 4 bridgehead atoms. The highest BCUT2D eigenvalue weighted by molar-refractivity contribution is 7.99. The molecule has 1 saturated heterocycles. The summed E-state index contributed by atoms with van der Waals surface area (Å²) in [4.78, 5) is 62.4. The Morgan fingerprint density at radius 2 is 1.08 bits per heavy atom. The summed E-state index contributed by atoms with van der Waals surface area (Å²) in [7, 11) is -4.96. The molecule has 5 saturated carbocycles. The number of thioether (sulfide) groups is 1. The zero-order valence-corrected chi connectivity index (χ0v) is 65.6. The van der Waals surface area contributed by atoms with Crippen LogP contribution < -0.4 is 10.0 Å². The Morgan fingerprint density at radius 1 is 0.632 bits per heavy atom. The number of esters is 5. The molecule has 0 radical (unpaired) electrons. The number of quaternary nitrogens is 1. The van der Waals surface area contributed by atoms with E-state index in [1.54, 1.807) is 30.9 Å². The predicted octanol–water partition coefficient (Wildman–Crippen LogP) is 16.4. The molecule has 5 aliphatic carbocycles. The second-order valence-electron chi connectivity index (χ2n) is 31.0. The average molecular weight is 1560 g/mol. The van der Waals surface area contributed by atoms with Gasteiger partial charge in [0.25, 0.3) is 0 Å². The molecule has 1 aromatic heterocycles. The van der Waals surface area contributed by atoms with Gasteiger partial charge in [-0.2, -0.15) is 51.3 Å². The Balaban J connectivity index is 0.000000237. The number of methoxy groups -OCH3 is 1. The van der Waals surface area contributed by atoms with Crippen molar-refractivity contribution in [3.8, 4) is 10.6 Å². The molecule has 1 aliphatic heterocycles. The molecule has 28 heteroatoms. The lowest BCUT2D eigenvalue weighted by Gasteiger charge is -2.60. The molecule has 2 heterocycles. The van der Waals surface area contributed by atoms with Crippen LogP contribution in [0.25, 0.3) is 25.1 Å². The lowest BCUT2D eigenvalue weighted by Crippen LogP contribution is -3.14. The van der Waals surface area contributed by atoms with Crippen LogP contribution in [-0.4, -0.2) is 140 Å². The number of ether oxygens (including phenoxy) is 5. The summed E-state index contributed by atoms with van der Waals surface area (Å²) in [6, 6.07) is 35.9. The number of rotatable bonds is 19. The van der Waals surface area contributed by atoms with Crippen molar-refractivity contribution < 1.29 is 115 Å². The fourth-order valence-corrected chi connectivity index (χ4v) is 17.3. The van der Waals surface area contributed by atoms with Crippen LogP contribution in [-0.2, 0) is 63.2 Å². The molecule has 594 valence electrons. The normalized spacial score (nSPS) is 20.6. The molecule has 11 rings (SSSR count). The van der Waals surface area contributed by atoms with Gasteiger partial charge in [0.15, 0.2) is 19.9 Å². The minimum atomic E-state index is -6.29. The molecule has 6 fully saturated rings. The summed E-state index contributed by atoms with van der Waals surface area (Å²) in [5, 5.41) is 22.2. The van der Waals surface area contributed by atoms with Gasteiger partial charge in [-0.3, -0.25) is 24.0 Å². The van der Waals surface area contributed by atoms with Crippen LogP contribution in [0.15, 0.2) is 103 Å². The van der Waals surface area contributed by atoms with Crippen molar-refractivity contribution in [2.24, 2.45) is 33.5 Å². The van der Waals surface area contributed by atoms with Crippen LogP contribution in [0, 0.1) is 33.5 Å². The second kappa shape index (κ2) is 36.5. The van der Waals surface area contributed by atoms with Crippen LogP contribution in [0.3, 0.4) is 0 Å². The SMILES string of the molecule is CCC(C)(C)C(=O)OC1(C)CCCC1.CCC(C)(C)C(=O)OC12CC3CC(C1)CC(C(=O)OC(CS(=O)(=O)[O-])C(F)(F)F)(C3)C2.CCC(C)(C)C(=O)OCC[NH+]1CCSCC1.CCC(C)(C)c1ccc(O)cc1.COC(=O)C([O-])(C(F)(F)F)C(F)(F)F.c1ccc(-[s+]2c3ccccc3c3ccccc32)cc1.